The first-order valence-electron chi connectivity index (χ1n) is 7.05. The van der Waals surface area contributed by atoms with E-state index in [0.717, 1.165) is 49.4 Å². The van der Waals surface area contributed by atoms with Crippen molar-refractivity contribution in [2.45, 2.75) is 33.1 Å². The minimum absolute atomic E-state index is 0.174. The maximum atomic E-state index is 12.4. The van der Waals surface area contributed by atoms with Gasteiger partial charge in [-0.3, -0.25) is 9.48 Å². The lowest BCUT2D eigenvalue weighted by molar-refractivity contribution is -0.118. The molecular weight excluding hydrogens is 240 g/mol. The Balaban J connectivity index is 1.69. The number of nitrogens with zero attached hydrogens (tertiary/aromatic N) is 2. The quantitative estimate of drug-likeness (QED) is 0.846. The summed E-state index contributed by atoms with van der Waals surface area (Å²) in [5, 5.41) is 10.8. The van der Waals surface area contributed by atoms with Crippen molar-refractivity contribution in [3.8, 4) is 0 Å². The lowest BCUT2D eigenvalue weighted by Gasteiger charge is -2.23. The van der Waals surface area contributed by atoms with Crippen LogP contribution in [0, 0.1) is 25.2 Å². The van der Waals surface area contributed by atoms with Crippen molar-refractivity contribution < 1.29 is 4.79 Å². The zero-order chi connectivity index (χ0) is 13.6. The Bertz CT molecular complexity index is 514. The molecule has 1 aromatic heterocycles. The van der Waals surface area contributed by atoms with Gasteiger partial charge in [0.05, 0.1) is 5.69 Å². The summed E-state index contributed by atoms with van der Waals surface area (Å²) in [6.45, 7) is 6.07. The fraction of sp³-hybridized carbons (Fsp3) is 0.714. The molecule has 2 N–H and O–H groups in total. The molecule has 0 aromatic carbocycles. The summed E-state index contributed by atoms with van der Waals surface area (Å²) in [5.74, 6) is 1.22. The molecule has 1 aliphatic carbocycles. The van der Waals surface area contributed by atoms with Crippen LogP contribution in [-0.4, -0.2) is 28.8 Å². The zero-order valence-corrected chi connectivity index (χ0v) is 11.9. The van der Waals surface area contributed by atoms with E-state index >= 15 is 0 Å². The first-order chi connectivity index (χ1) is 9.03. The van der Waals surface area contributed by atoms with Gasteiger partial charge in [-0.05, 0) is 51.6 Å². The number of nitrogens with one attached hydrogen (secondary N) is 2. The van der Waals surface area contributed by atoms with Gasteiger partial charge in [0.25, 0.3) is 0 Å². The van der Waals surface area contributed by atoms with Gasteiger partial charge in [0.2, 0.25) is 5.91 Å². The van der Waals surface area contributed by atoms with Gasteiger partial charge in [0, 0.05) is 18.5 Å². The number of anilines is 1. The minimum Gasteiger partial charge on any atom is -0.317 e. The van der Waals surface area contributed by atoms with E-state index in [0.29, 0.717) is 0 Å². The van der Waals surface area contributed by atoms with Crippen LogP contribution in [0.5, 0.6) is 0 Å². The Kier molecular flexibility index (Phi) is 2.89. The number of hydrogen-bond acceptors (Lipinski definition) is 3. The number of piperidine rings is 1. The van der Waals surface area contributed by atoms with Crippen molar-refractivity contribution in [3.63, 3.8) is 0 Å². The molecule has 5 heteroatoms. The lowest BCUT2D eigenvalue weighted by Crippen LogP contribution is -2.31. The predicted octanol–water partition coefficient (Wildman–Crippen LogP) is 1.37. The molecule has 1 amide bonds. The van der Waals surface area contributed by atoms with Crippen LogP contribution in [0.15, 0.2) is 0 Å². The van der Waals surface area contributed by atoms with Gasteiger partial charge in [-0.15, -0.1) is 0 Å². The molecule has 19 heavy (non-hydrogen) atoms. The summed E-state index contributed by atoms with van der Waals surface area (Å²) in [5.41, 5.74) is 2.33. The van der Waals surface area contributed by atoms with E-state index in [1.165, 1.54) is 0 Å². The number of rotatable bonds is 2. The van der Waals surface area contributed by atoms with Gasteiger partial charge in [-0.1, -0.05) is 0 Å². The average Bonchev–Trinajstić information content (AvgIpc) is 3.02. The summed E-state index contributed by atoms with van der Waals surface area (Å²) in [4.78, 5) is 12.4. The van der Waals surface area contributed by atoms with Crippen LogP contribution in [0.1, 0.15) is 30.5 Å². The van der Waals surface area contributed by atoms with Crippen molar-refractivity contribution >= 4 is 11.7 Å². The molecule has 1 atom stereocenters. The normalized spacial score (nSPS) is 24.5. The molecule has 2 heterocycles. The molecule has 2 aliphatic rings. The second-order valence-electron chi connectivity index (χ2n) is 6.04. The van der Waals surface area contributed by atoms with Crippen molar-refractivity contribution in [3.05, 3.63) is 11.3 Å². The number of amides is 1. The topological polar surface area (TPSA) is 59.0 Å². The molecule has 2 fully saturated rings. The summed E-state index contributed by atoms with van der Waals surface area (Å²) < 4.78 is 1.76. The van der Waals surface area contributed by atoms with E-state index in [2.05, 4.69) is 15.7 Å². The Morgan fingerprint density at radius 2 is 2.11 bits per heavy atom. The van der Waals surface area contributed by atoms with Gasteiger partial charge in [0.15, 0.2) is 0 Å². The first-order valence-corrected chi connectivity index (χ1v) is 7.05. The maximum Gasteiger partial charge on any atom is 0.229 e. The van der Waals surface area contributed by atoms with E-state index in [9.17, 15) is 4.79 Å². The highest BCUT2D eigenvalue weighted by molar-refractivity contribution is 5.95. The third-order valence-corrected chi connectivity index (χ3v) is 4.87. The fourth-order valence-corrected chi connectivity index (χ4v) is 3.34. The van der Waals surface area contributed by atoms with Crippen LogP contribution in [0.25, 0.3) is 0 Å². The maximum absolute atomic E-state index is 12.4. The number of carbonyl (C=O) groups is 1. The van der Waals surface area contributed by atoms with Gasteiger partial charge < -0.3 is 10.6 Å². The largest absolute Gasteiger partial charge is 0.317 e. The van der Waals surface area contributed by atoms with Gasteiger partial charge in [0.1, 0.15) is 5.82 Å². The molecule has 104 valence electrons. The summed E-state index contributed by atoms with van der Waals surface area (Å²) >= 11 is 0. The number of aromatic nitrogens is 2. The predicted molar refractivity (Wildman–Crippen MR) is 74.0 cm³/mol. The Morgan fingerprint density at radius 1 is 1.42 bits per heavy atom. The van der Waals surface area contributed by atoms with Crippen LogP contribution in [-0.2, 0) is 11.8 Å². The molecule has 1 aromatic rings. The van der Waals surface area contributed by atoms with Crippen LogP contribution < -0.4 is 10.6 Å². The minimum atomic E-state index is 0.174. The first kappa shape index (κ1) is 12.7. The second kappa shape index (κ2) is 4.34. The number of carbonyl (C=O) groups excluding carboxylic acids is 1. The van der Waals surface area contributed by atoms with Crippen LogP contribution in [0.3, 0.4) is 0 Å². The number of aryl methyl sites for hydroxylation is 2. The van der Waals surface area contributed by atoms with Crippen LogP contribution in [0.4, 0.5) is 5.82 Å². The van der Waals surface area contributed by atoms with Crippen molar-refractivity contribution in [1.29, 1.82) is 0 Å². The standard InChI is InChI=1S/C14H22N4O/c1-9-10(2)17-18(3)12(9)16-13(19)11-8-14(11)4-6-15-7-5-14/h11,15H,4-8H2,1-3H3,(H,16,19). The molecule has 1 aliphatic heterocycles. The molecule has 0 bridgehead atoms. The zero-order valence-electron chi connectivity index (χ0n) is 11.9. The van der Waals surface area contributed by atoms with Crippen molar-refractivity contribution in [1.82, 2.24) is 15.1 Å². The van der Waals surface area contributed by atoms with Crippen LogP contribution in [0.2, 0.25) is 0 Å². The molecule has 0 radical (unpaired) electrons. The van der Waals surface area contributed by atoms with Gasteiger partial charge in [-0.2, -0.15) is 5.10 Å². The van der Waals surface area contributed by atoms with E-state index in [4.69, 9.17) is 0 Å². The molecule has 1 unspecified atom stereocenters. The highest BCUT2D eigenvalue weighted by Gasteiger charge is 2.57. The number of hydrogen-bond donors (Lipinski definition) is 2. The lowest BCUT2D eigenvalue weighted by atomic mass is 9.92. The molecule has 1 saturated heterocycles. The molecule has 3 rings (SSSR count). The highest BCUT2D eigenvalue weighted by Crippen LogP contribution is 2.58. The molecule has 1 saturated carbocycles. The second-order valence-corrected chi connectivity index (χ2v) is 6.04. The van der Waals surface area contributed by atoms with E-state index in [1.54, 1.807) is 4.68 Å². The molecule has 1 spiro atoms. The Labute approximate surface area is 113 Å². The van der Waals surface area contributed by atoms with E-state index in [1.807, 2.05) is 20.9 Å². The van der Waals surface area contributed by atoms with Crippen molar-refractivity contribution in [2.75, 3.05) is 18.4 Å². The SMILES string of the molecule is Cc1nn(C)c(NC(=O)C2CC23CCNCC3)c1C. The van der Waals surface area contributed by atoms with E-state index < -0.39 is 0 Å². The van der Waals surface area contributed by atoms with Gasteiger partial charge >= 0.3 is 0 Å². The third-order valence-electron chi connectivity index (χ3n) is 4.87. The smallest absolute Gasteiger partial charge is 0.229 e. The summed E-state index contributed by atoms with van der Waals surface area (Å²) in [6, 6.07) is 0. The molecule has 5 nitrogen and oxygen atoms in total. The monoisotopic (exact) mass is 262 g/mol. The summed E-state index contributed by atoms with van der Waals surface area (Å²) in [6.07, 6.45) is 3.32. The van der Waals surface area contributed by atoms with E-state index in [-0.39, 0.29) is 17.2 Å². The van der Waals surface area contributed by atoms with Crippen LogP contribution >= 0.6 is 0 Å². The molecular formula is C14H22N4O. The third kappa shape index (κ3) is 2.06. The summed E-state index contributed by atoms with van der Waals surface area (Å²) in [7, 11) is 1.88. The Hall–Kier alpha value is -1.36. The highest BCUT2D eigenvalue weighted by atomic mass is 16.2. The Morgan fingerprint density at radius 3 is 2.68 bits per heavy atom. The van der Waals surface area contributed by atoms with Gasteiger partial charge in [-0.25, -0.2) is 0 Å². The average molecular weight is 262 g/mol. The fourth-order valence-electron chi connectivity index (χ4n) is 3.34. The van der Waals surface area contributed by atoms with Crippen molar-refractivity contribution in [2.24, 2.45) is 18.4 Å².